The number of aryl methyl sites for hydroxylation is 1. The van der Waals surface area contributed by atoms with E-state index in [-0.39, 0.29) is 5.97 Å². The lowest BCUT2D eigenvalue weighted by atomic mass is 9.91. The van der Waals surface area contributed by atoms with Crippen molar-refractivity contribution in [2.24, 2.45) is 0 Å². The van der Waals surface area contributed by atoms with Crippen LogP contribution in [0.15, 0.2) is 64.8 Å². The van der Waals surface area contributed by atoms with Crippen molar-refractivity contribution in [3.05, 3.63) is 77.3 Å². The van der Waals surface area contributed by atoms with Crippen molar-refractivity contribution in [1.29, 1.82) is 0 Å². The van der Waals surface area contributed by atoms with Crippen molar-refractivity contribution in [3.63, 3.8) is 0 Å². The van der Waals surface area contributed by atoms with Gasteiger partial charge in [-0.2, -0.15) is 0 Å². The Morgan fingerprint density at radius 3 is 2.73 bits per heavy atom. The highest BCUT2D eigenvalue weighted by molar-refractivity contribution is 6.03. The lowest BCUT2D eigenvalue weighted by Gasteiger charge is -2.16. The quantitative estimate of drug-likeness (QED) is 0.544. The predicted molar refractivity (Wildman–Crippen MR) is 103 cm³/mol. The highest BCUT2D eigenvalue weighted by Gasteiger charge is 2.35. The smallest absolute Gasteiger partial charge is 0.335 e. The van der Waals surface area contributed by atoms with E-state index in [0.717, 1.165) is 52.5 Å². The van der Waals surface area contributed by atoms with Crippen LogP contribution in [0.4, 0.5) is 0 Å². The van der Waals surface area contributed by atoms with Crippen LogP contribution in [0.25, 0.3) is 16.3 Å². The molecule has 2 heterocycles. The van der Waals surface area contributed by atoms with E-state index in [2.05, 4.69) is 31.2 Å². The van der Waals surface area contributed by atoms with Gasteiger partial charge in [0.25, 0.3) is 0 Å². The molecular formula is C23H22O3. The average Bonchev–Trinajstić information content (AvgIpc) is 3.24. The summed E-state index contributed by atoms with van der Waals surface area (Å²) < 4.78 is 11.5. The van der Waals surface area contributed by atoms with E-state index in [1.807, 2.05) is 31.2 Å². The zero-order valence-electron chi connectivity index (χ0n) is 15.1. The second-order valence-electron chi connectivity index (χ2n) is 6.80. The highest BCUT2D eigenvalue weighted by atomic mass is 16.5. The Balaban J connectivity index is 1.79. The Kier molecular flexibility index (Phi) is 4.37. The summed E-state index contributed by atoms with van der Waals surface area (Å²) in [6.45, 7) is 4.00. The molecule has 0 amide bonds. The van der Waals surface area contributed by atoms with Crippen LogP contribution in [0.2, 0.25) is 0 Å². The van der Waals surface area contributed by atoms with E-state index in [0.29, 0.717) is 5.57 Å². The second-order valence-corrected chi connectivity index (χ2v) is 6.80. The Hall–Kier alpha value is -2.81. The number of furan rings is 1. The minimum atomic E-state index is -0.398. The molecule has 3 aromatic rings. The average molecular weight is 346 g/mol. The molecular weight excluding hydrogens is 324 g/mol. The number of cyclic esters (lactones) is 1. The maximum Gasteiger partial charge on any atom is 0.335 e. The Bertz CT molecular complexity index is 988. The molecule has 3 nitrogen and oxygen atoms in total. The van der Waals surface area contributed by atoms with Crippen molar-refractivity contribution in [1.82, 2.24) is 0 Å². The monoisotopic (exact) mass is 346 g/mol. The zero-order chi connectivity index (χ0) is 18.1. The third kappa shape index (κ3) is 2.84. The standard InChI is InChI=1S/C23H22O3/c1-3-4-10-18-13-17(14-25-18)21-15(2)23(24)26-22(21)20-12-7-9-16-8-5-6-11-19(16)20/h5-9,11-14,22H,3-4,10H2,1-2H3/t22-/m0/s1. The first-order valence-corrected chi connectivity index (χ1v) is 9.16. The van der Waals surface area contributed by atoms with Crippen LogP contribution >= 0.6 is 0 Å². The molecule has 3 heteroatoms. The molecule has 0 aliphatic carbocycles. The summed E-state index contributed by atoms with van der Waals surface area (Å²) in [4.78, 5) is 12.3. The van der Waals surface area contributed by atoms with Crippen molar-refractivity contribution in [3.8, 4) is 0 Å². The molecule has 0 spiro atoms. The maximum absolute atomic E-state index is 12.3. The lowest BCUT2D eigenvalue weighted by molar-refractivity contribution is -0.139. The molecule has 0 fully saturated rings. The van der Waals surface area contributed by atoms with Crippen LogP contribution < -0.4 is 0 Å². The Morgan fingerprint density at radius 1 is 1.08 bits per heavy atom. The van der Waals surface area contributed by atoms with Crippen LogP contribution in [0.5, 0.6) is 0 Å². The van der Waals surface area contributed by atoms with Crippen LogP contribution in [-0.4, -0.2) is 5.97 Å². The first kappa shape index (κ1) is 16.6. The predicted octanol–water partition coefficient (Wildman–Crippen LogP) is 5.85. The van der Waals surface area contributed by atoms with Crippen LogP contribution in [0, 0.1) is 0 Å². The maximum atomic E-state index is 12.3. The summed E-state index contributed by atoms with van der Waals surface area (Å²) in [5, 5.41) is 2.25. The fraction of sp³-hybridized carbons (Fsp3) is 0.261. The summed E-state index contributed by atoms with van der Waals surface area (Å²) in [7, 11) is 0. The molecule has 2 aromatic carbocycles. The van der Waals surface area contributed by atoms with Crippen molar-refractivity contribution in [2.75, 3.05) is 0 Å². The number of esters is 1. The van der Waals surface area contributed by atoms with Gasteiger partial charge in [-0.3, -0.25) is 0 Å². The molecule has 26 heavy (non-hydrogen) atoms. The minimum absolute atomic E-state index is 0.255. The third-order valence-corrected chi connectivity index (χ3v) is 5.04. The molecule has 4 rings (SSSR count). The molecule has 0 unspecified atom stereocenters. The Labute approximate surface area is 153 Å². The molecule has 0 saturated heterocycles. The van der Waals surface area contributed by atoms with Gasteiger partial charge < -0.3 is 9.15 Å². The molecule has 1 aliphatic heterocycles. The molecule has 1 atom stereocenters. The Morgan fingerprint density at radius 2 is 1.88 bits per heavy atom. The van der Waals surface area contributed by atoms with E-state index in [1.165, 1.54) is 0 Å². The number of ether oxygens (including phenoxy) is 1. The lowest BCUT2D eigenvalue weighted by Crippen LogP contribution is -2.03. The summed E-state index contributed by atoms with van der Waals surface area (Å²) in [6.07, 6.45) is 4.48. The number of carbonyl (C=O) groups excluding carboxylic acids is 1. The van der Waals surface area contributed by atoms with E-state index in [4.69, 9.17) is 9.15 Å². The molecule has 1 aliphatic rings. The zero-order valence-corrected chi connectivity index (χ0v) is 15.1. The highest BCUT2D eigenvalue weighted by Crippen LogP contribution is 2.44. The topological polar surface area (TPSA) is 39.4 Å². The second kappa shape index (κ2) is 6.83. The fourth-order valence-electron chi connectivity index (χ4n) is 3.63. The van der Waals surface area contributed by atoms with E-state index < -0.39 is 6.10 Å². The van der Waals surface area contributed by atoms with E-state index in [9.17, 15) is 4.79 Å². The van der Waals surface area contributed by atoms with Gasteiger partial charge in [0.15, 0.2) is 6.10 Å². The number of rotatable bonds is 5. The largest absolute Gasteiger partial charge is 0.469 e. The van der Waals surface area contributed by atoms with Crippen LogP contribution in [0.3, 0.4) is 0 Å². The first-order chi connectivity index (χ1) is 12.7. The van der Waals surface area contributed by atoms with Gasteiger partial charge in [0.2, 0.25) is 0 Å². The van der Waals surface area contributed by atoms with Crippen LogP contribution in [-0.2, 0) is 16.0 Å². The molecule has 0 radical (unpaired) electrons. The fourth-order valence-corrected chi connectivity index (χ4v) is 3.63. The number of hydrogen-bond acceptors (Lipinski definition) is 3. The number of fused-ring (bicyclic) bond motifs is 1. The molecule has 1 aromatic heterocycles. The molecule has 0 bridgehead atoms. The van der Waals surface area contributed by atoms with Gasteiger partial charge in [-0.15, -0.1) is 0 Å². The van der Waals surface area contributed by atoms with Gasteiger partial charge in [-0.05, 0) is 30.2 Å². The molecule has 0 N–H and O–H groups in total. The number of unbranched alkanes of at least 4 members (excludes halogenated alkanes) is 1. The van der Waals surface area contributed by atoms with Crippen molar-refractivity contribution in [2.45, 2.75) is 39.2 Å². The third-order valence-electron chi connectivity index (χ3n) is 5.04. The van der Waals surface area contributed by atoms with Gasteiger partial charge in [-0.25, -0.2) is 4.79 Å². The number of hydrogen-bond donors (Lipinski definition) is 0. The van der Waals surface area contributed by atoms with Gasteiger partial charge in [0.1, 0.15) is 5.76 Å². The minimum Gasteiger partial charge on any atom is -0.469 e. The van der Waals surface area contributed by atoms with Gasteiger partial charge in [-0.1, -0.05) is 55.8 Å². The van der Waals surface area contributed by atoms with Crippen LogP contribution in [0.1, 0.15) is 49.7 Å². The van der Waals surface area contributed by atoms with E-state index >= 15 is 0 Å². The number of carbonyl (C=O) groups is 1. The molecule has 132 valence electrons. The van der Waals surface area contributed by atoms with Gasteiger partial charge in [0, 0.05) is 28.7 Å². The molecule has 0 saturated carbocycles. The summed E-state index contributed by atoms with van der Waals surface area (Å²) in [6, 6.07) is 16.4. The van der Waals surface area contributed by atoms with Gasteiger partial charge >= 0.3 is 5.97 Å². The van der Waals surface area contributed by atoms with E-state index in [1.54, 1.807) is 6.26 Å². The van der Waals surface area contributed by atoms with Gasteiger partial charge in [0.05, 0.1) is 6.26 Å². The normalized spacial score (nSPS) is 17.2. The first-order valence-electron chi connectivity index (χ1n) is 9.16. The van der Waals surface area contributed by atoms with Crippen molar-refractivity contribution < 1.29 is 13.9 Å². The summed E-state index contributed by atoms with van der Waals surface area (Å²) >= 11 is 0. The van der Waals surface area contributed by atoms with Crippen molar-refractivity contribution >= 4 is 22.3 Å². The SMILES string of the molecule is CCCCc1cc(C2=C(C)C(=O)O[C@H]2c2cccc3ccccc23)co1. The summed E-state index contributed by atoms with van der Waals surface area (Å²) in [5.41, 5.74) is 3.53. The summed E-state index contributed by atoms with van der Waals surface area (Å²) in [5.74, 6) is 0.701. The number of benzene rings is 2.